The summed E-state index contributed by atoms with van der Waals surface area (Å²) in [5.74, 6) is 0.760. The zero-order chi connectivity index (χ0) is 11.4. The van der Waals surface area contributed by atoms with Crippen LogP contribution in [0.15, 0.2) is 36.8 Å². The van der Waals surface area contributed by atoms with Crippen LogP contribution in [0.5, 0.6) is 0 Å². The molecule has 2 rings (SSSR count). The lowest BCUT2D eigenvalue weighted by atomic mass is 10.1. The Morgan fingerprint density at radius 3 is 2.44 bits per heavy atom. The summed E-state index contributed by atoms with van der Waals surface area (Å²) in [6.45, 7) is 1.97. The molecular formula is C12H14N4. The van der Waals surface area contributed by atoms with Gasteiger partial charge in [0, 0.05) is 24.3 Å². The van der Waals surface area contributed by atoms with E-state index in [4.69, 9.17) is 0 Å². The van der Waals surface area contributed by atoms with Crippen molar-refractivity contribution in [2.45, 2.75) is 13.0 Å². The van der Waals surface area contributed by atoms with E-state index in [-0.39, 0.29) is 6.04 Å². The van der Waals surface area contributed by atoms with Crippen LogP contribution in [-0.2, 0) is 0 Å². The minimum atomic E-state index is -0.00528. The van der Waals surface area contributed by atoms with Gasteiger partial charge in [0.05, 0.1) is 6.04 Å². The first-order valence-electron chi connectivity index (χ1n) is 5.18. The molecule has 4 heteroatoms. The summed E-state index contributed by atoms with van der Waals surface area (Å²) in [5.41, 5.74) is 2.08. The van der Waals surface area contributed by atoms with E-state index >= 15 is 0 Å². The van der Waals surface area contributed by atoms with Gasteiger partial charge in [-0.05, 0) is 31.7 Å². The third kappa shape index (κ3) is 2.23. The van der Waals surface area contributed by atoms with Crippen LogP contribution >= 0.6 is 0 Å². The Kier molecular flexibility index (Phi) is 3.22. The number of pyridine rings is 1. The van der Waals surface area contributed by atoms with Crippen LogP contribution in [0.25, 0.3) is 0 Å². The van der Waals surface area contributed by atoms with E-state index in [1.165, 1.54) is 0 Å². The Morgan fingerprint density at radius 2 is 1.88 bits per heavy atom. The van der Waals surface area contributed by atoms with Gasteiger partial charge >= 0.3 is 0 Å². The summed E-state index contributed by atoms with van der Waals surface area (Å²) in [6.07, 6.45) is 5.34. The quantitative estimate of drug-likeness (QED) is 0.841. The Hall–Kier alpha value is -1.81. The van der Waals surface area contributed by atoms with Gasteiger partial charge in [-0.3, -0.25) is 4.98 Å². The van der Waals surface area contributed by atoms with Crippen molar-refractivity contribution in [1.29, 1.82) is 0 Å². The first-order chi connectivity index (χ1) is 7.81. The lowest BCUT2D eigenvalue weighted by molar-refractivity contribution is 0.643. The largest absolute Gasteiger partial charge is 0.307 e. The highest BCUT2D eigenvalue weighted by Crippen LogP contribution is 2.16. The maximum Gasteiger partial charge on any atom is 0.149 e. The fourth-order valence-corrected chi connectivity index (χ4v) is 1.55. The number of nitrogens with zero attached hydrogens (tertiary/aromatic N) is 3. The highest BCUT2D eigenvalue weighted by atomic mass is 15.0. The molecule has 1 atom stereocenters. The second kappa shape index (κ2) is 4.81. The zero-order valence-corrected chi connectivity index (χ0v) is 9.38. The molecule has 82 valence electrons. The van der Waals surface area contributed by atoms with Crippen LogP contribution in [0.1, 0.15) is 23.1 Å². The summed E-state index contributed by atoms with van der Waals surface area (Å²) in [4.78, 5) is 12.8. The Labute approximate surface area is 94.8 Å². The maximum atomic E-state index is 4.28. The van der Waals surface area contributed by atoms with Crippen LogP contribution in [-0.4, -0.2) is 22.0 Å². The van der Waals surface area contributed by atoms with Crippen molar-refractivity contribution in [2.24, 2.45) is 0 Å². The van der Waals surface area contributed by atoms with Crippen LogP contribution in [0.4, 0.5) is 0 Å². The lowest BCUT2D eigenvalue weighted by Crippen LogP contribution is -2.20. The molecule has 0 aromatic carbocycles. The number of nitrogens with one attached hydrogen (secondary N) is 1. The van der Waals surface area contributed by atoms with E-state index in [0.29, 0.717) is 0 Å². The zero-order valence-electron chi connectivity index (χ0n) is 9.38. The second-order valence-corrected chi connectivity index (χ2v) is 3.56. The number of aromatic nitrogens is 3. The lowest BCUT2D eigenvalue weighted by Gasteiger charge is -2.14. The van der Waals surface area contributed by atoms with Gasteiger partial charge in [-0.25, -0.2) is 9.97 Å². The molecular weight excluding hydrogens is 200 g/mol. The van der Waals surface area contributed by atoms with Crippen LogP contribution < -0.4 is 5.32 Å². The summed E-state index contributed by atoms with van der Waals surface area (Å²) in [6, 6.07) is 5.83. The molecule has 2 aromatic rings. The smallest absolute Gasteiger partial charge is 0.149 e. The minimum Gasteiger partial charge on any atom is -0.307 e. The van der Waals surface area contributed by atoms with E-state index in [1.807, 2.05) is 38.4 Å². The van der Waals surface area contributed by atoms with Crippen molar-refractivity contribution in [2.75, 3.05) is 7.05 Å². The molecule has 0 aliphatic heterocycles. The van der Waals surface area contributed by atoms with Gasteiger partial charge in [-0.15, -0.1) is 0 Å². The van der Waals surface area contributed by atoms with Crippen molar-refractivity contribution in [1.82, 2.24) is 20.3 Å². The van der Waals surface area contributed by atoms with Gasteiger partial charge in [-0.1, -0.05) is 6.07 Å². The molecule has 2 aromatic heterocycles. The first kappa shape index (κ1) is 10.7. The molecule has 2 heterocycles. The van der Waals surface area contributed by atoms with E-state index < -0.39 is 0 Å². The van der Waals surface area contributed by atoms with Gasteiger partial charge in [0.2, 0.25) is 0 Å². The van der Waals surface area contributed by atoms with Crippen molar-refractivity contribution in [3.05, 3.63) is 53.9 Å². The molecule has 0 saturated carbocycles. The molecule has 1 unspecified atom stereocenters. The maximum absolute atomic E-state index is 4.28. The first-order valence-corrected chi connectivity index (χ1v) is 5.18. The van der Waals surface area contributed by atoms with Gasteiger partial charge < -0.3 is 5.32 Å². The summed E-state index contributed by atoms with van der Waals surface area (Å²) in [5, 5.41) is 3.19. The van der Waals surface area contributed by atoms with Gasteiger partial charge in [0.25, 0.3) is 0 Å². The average Bonchev–Trinajstić information content (AvgIpc) is 2.34. The molecule has 0 fully saturated rings. The number of hydrogen-bond donors (Lipinski definition) is 1. The van der Waals surface area contributed by atoms with Crippen molar-refractivity contribution < 1.29 is 0 Å². The Morgan fingerprint density at radius 1 is 1.12 bits per heavy atom. The SMILES string of the molecule is CNC(c1ccc(C)nc1)c1ncccn1. The molecule has 0 amide bonds. The van der Waals surface area contributed by atoms with E-state index in [0.717, 1.165) is 17.1 Å². The number of aryl methyl sites for hydroxylation is 1. The predicted octanol–water partition coefficient (Wildman–Crippen LogP) is 1.49. The van der Waals surface area contributed by atoms with Crippen molar-refractivity contribution in [3.63, 3.8) is 0 Å². The summed E-state index contributed by atoms with van der Waals surface area (Å²) >= 11 is 0. The average molecular weight is 214 g/mol. The van der Waals surface area contributed by atoms with Crippen LogP contribution in [0.2, 0.25) is 0 Å². The van der Waals surface area contributed by atoms with Crippen LogP contribution in [0, 0.1) is 6.92 Å². The molecule has 0 aliphatic rings. The van der Waals surface area contributed by atoms with Crippen molar-refractivity contribution in [3.8, 4) is 0 Å². The summed E-state index contributed by atoms with van der Waals surface area (Å²) in [7, 11) is 1.89. The molecule has 1 N–H and O–H groups in total. The molecule has 16 heavy (non-hydrogen) atoms. The van der Waals surface area contributed by atoms with Gasteiger partial charge in [0.15, 0.2) is 0 Å². The Bertz CT molecular complexity index is 438. The fraction of sp³-hybridized carbons (Fsp3) is 0.250. The molecule has 0 aliphatic carbocycles. The molecule has 0 spiro atoms. The normalized spacial score (nSPS) is 12.4. The standard InChI is InChI=1S/C12H14N4/c1-9-4-5-10(8-16-9)11(13-2)12-14-6-3-7-15-12/h3-8,11,13H,1-2H3. The molecule has 0 radical (unpaired) electrons. The van der Waals surface area contributed by atoms with Crippen molar-refractivity contribution >= 4 is 0 Å². The third-order valence-electron chi connectivity index (χ3n) is 2.40. The minimum absolute atomic E-state index is 0.00528. The molecule has 4 nitrogen and oxygen atoms in total. The van der Waals surface area contributed by atoms with Gasteiger partial charge in [0.1, 0.15) is 5.82 Å². The monoisotopic (exact) mass is 214 g/mol. The molecule has 0 bridgehead atoms. The highest BCUT2D eigenvalue weighted by Gasteiger charge is 2.14. The Balaban J connectivity index is 2.33. The van der Waals surface area contributed by atoms with Crippen LogP contribution in [0.3, 0.4) is 0 Å². The van der Waals surface area contributed by atoms with E-state index in [1.54, 1.807) is 12.4 Å². The third-order valence-corrected chi connectivity index (χ3v) is 2.40. The fourth-order valence-electron chi connectivity index (χ4n) is 1.55. The second-order valence-electron chi connectivity index (χ2n) is 3.56. The topological polar surface area (TPSA) is 50.7 Å². The highest BCUT2D eigenvalue weighted by molar-refractivity contribution is 5.22. The number of hydrogen-bond acceptors (Lipinski definition) is 4. The molecule has 0 saturated heterocycles. The predicted molar refractivity (Wildman–Crippen MR) is 61.9 cm³/mol. The van der Waals surface area contributed by atoms with E-state index in [9.17, 15) is 0 Å². The summed E-state index contributed by atoms with van der Waals surface area (Å²) < 4.78 is 0. The number of rotatable bonds is 3. The van der Waals surface area contributed by atoms with Gasteiger partial charge in [-0.2, -0.15) is 0 Å². The van der Waals surface area contributed by atoms with E-state index in [2.05, 4.69) is 20.3 Å².